The summed E-state index contributed by atoms with van der Waals surface area (Å²) < 4.78 is 6.04. The summed E-state index contributed by atoms with van der Waals surface area (Å²) in [5.41, 5.74) is 4.02. The largest absolute Gasteiger partial charge is 0.489 e. The lowest BCUT2D eigenvalue weighted by molar-refractivity contribution is 0.248. The highest BCUT2D eigenvalue weighted by atomic mass is 16.5. The highest BCUT2D eigenvalue weighted by Crippen LogP contribution is 2.30. The van der Waals surface area contributed by atoms with Crippen molar-refractivity contribution in [2.24, 2.45) is 5.92 Å². The van der Waals surface area contributed by atoms with Gasteiger partial charge in [-0.1, -0.05) is 42.5 Å². The molecular formula is C23H24O2. The Kier molecular flexibility index (Phi) is 4.71. The minimum Gasteiger partial charge on any atom is -0.489 e. The molecule has 1 atom stereocenters. The maximum atomic E-state index is 9.13. The van der Waals surface area contributed by atoms with Gasteiger partial charge in [0.25, 0.3) is 0 Å². The molecule has 4 rings (SSSR count). The Morgan fingerprint density at radius 2 is 1.80 bits per heavy atom. The van der Waals surface area contributed by atoms with E-state index < -0.39 is 0 Å². The van der Waals surface area contributed by atoms with Gasteiger partial charge in [0.05, 0.1) is 0 Å². The van der Waals surface area contributed by atoms with Crippen LogP contribution in [0.5, 0.6) is 5.75 Å². The second kappa shape index (κ2) is 7.28. The van der Waals surface area contributed by atoms with E-state index in [9.17, 15) is 0 Å². The monoisotopic (exact) mass is 332 g/mol. The average molecular weight is 332 g/mol. The Hall–Kier alpha value is -2.32. The quantitative estimate of drug-likeness (QED) is 0.719. The van der Waals surface area contributed by atoms with Gasteiger partial charge in [-0.25, -0.2) is 0 Å². The van der Waals surface area contributed by atoms with E-state index in [0.29, 0.717) is 19.1 Å². The molecule has 1 N–H and O–H groups in total. The van der Waals surface area contributed by atoms with Gasteiger partial charge in [-0.15, -0.1) is 0 Å². The number of rotatable bonds is 5. The molecule has 0 heterocycles. The topological polar surface area (TPSA) is 29.5 Å². The summed E-state index contributed by atoms with van der Waals surface area (Å²) in [7, 11) is 0. The smallest absolute Gasteiger partial charge is 0.120 e. The van der Waals surface area contributed by atoms with Crippen molar-refractivity contribution in [3.05, 3.63) is 77.4 Å². The number of benzene rings is 3. The highest BCUT2D eigenvalue weighted by molar-refractivity contribution is 5.82. The molecule has 0 aromatic heterocycles. The molecule has 0 bridgehead atoms. The summed E-state index contributed by atoms with van der Waals surface area (Å²) in [5, 5.41) is 11.7. The van der Waals surface area contributed by atoms with E-state index >= 15 is 0 Å². The number of fused-ring (bicyclic) bond motifs is 2. The normalized spacial score (nSPS) is 16.6. The van der Waals surface area contributed by atoms with Crippen LogP contribution in [0.15, 0.2) is 60.7 Å². The molecule has 0 aliphatic heterocycles. The number of aliphatic hydroxyl groups excluding tert-OH is 1. The first kappa shape index (κ1) is 16.2. The van der Waals surface area contributed by atoms with Crippen molar-refractivity contribution in [2.75, 3.05) is 6.61 Å². The molecule has 3 aromatic rings. The van der Waals surface area contributed by atoms with Gasteiger partial charge in [-0.3, -0.25) is 0 Å². The minimum absolute atomic E-state index is 0.299. The summed E-state index contributed by atoms with van der Waals surface area (Å²) in [6, 6.07) is 21.4. The summed E-state index contributed by atoms with van der Waals surface area (Å²) in [6.07, 6.45) is 4.26. The van der Waals surface area contributed by atoms with Crippen LogP contribution >= 0.6 is 0 Å². The first-order chi connectivity index (χ1) is 12.3. The second-order valence-corrected chi connectivity index (χ2v) is 7.02. The Balaban J connectivity index is 1.44. The van der Waals surface area contributed by atoms with E-state index in [1.54, 1.807) is 0 Å². The van der Waals surface area contributed by atoms with E-state index in [4.69, 9.17) is 9.84 Å². The molecule has 1 aliphatic carbocycles. The van der Waals surface area contributed by atoms with Gasteiger partial charge in [-0.2, -0.15) is 0 Å². The van der Waals surface area contributed by atoms with E-state index in [1.807, 2.05) is 0 Å². The lowest BCUT2D eigenvalue weighted by atomic mass is 9.82. The van der Waals surface area contributed by atoms with Crippen LogP contribution < -0.4 is 4.74 Å². The fourth-order valence-electron chi connectivity index (χ4n) is 3.82. The standard InChI is InChI=1S/C23H24O2/c24-12-11-17-5-8-22-15-23(10-9-21(22)13-17)25-16-18-6-7-19-3-1-2-4-20(19)14-18/h1-4,6-7,9-10,14-15,17,24H,5,8,11-13,16H2. The number of aryl methyl sites for hydroxylation is 1. The predicted molar refractivity (Wildman–Crippen MR) is 102 cm³/mol. The molecule has 3 aromatic carbocycles. The van der Waals surface area contributed by atoms with Crippen molar-refractivity contribution >= 4 is 10.8 Å². The van der Waals surface area contributed by atoms with Crippen LogP contribution in [0, 0.1) is 5.92 Å². The zero-order chi connectivity index (χ0) is 17.1. The molecule has 1 aliphatic rings. The van der Waals surface area contributed by atoms with Crippen LogP contribution in [-0.4, -0.2) is 11.7 Å². The first-order valence-electron chi connectivity index (χ1n) is 9.15. The van der Waals surface area contributed by atoms with E-state index in [2.05, 4.69) is 60.7 Å². The predicted octanol–water partition coefficient (Wildman–Crippen LogP) is 4.91. The molecule has 0 radical (unpaired) electrons. The van der Waals surface area contributed by atoms with Crippen LogP contribution in [0.25, 0.3) is 10.8 Å². The molecule has 0 saturated heterocycles. The number of ether oxygens (including phenoxy) is 1. The van der Waals surface area contributed by atoms with Crippen molar-refractivity contribution in [3.8, 4) is 5.75 Å². The molecule has 2 heteroatoms. The van der Waals surface area contributed by atoms with Crippen molar-refractivity contribution in [2.45, 2.75) is 32.3 Å². The first-order valence-corrected chi connectivity index (χ1v) is 9.15. The minimum atomic E-state index is 0.299. The van der Waals surface area contributed by atoms with Crippen LogP contribution in [0.4, 0.5) is 0 Å². The van der Waals surface area contributed by atoms with Gasteiger partial charge in [0, 0.05) is 6.61 Å². The summed E-state index contributed by atoms with van der Waals surface area (Å²) in [6.45, 7) is 0.893. The SMILES string of the molecule is OCCC1CCc2cc(OCc3ccc4ccccc4c3)ccc2C1. The Morgan fingerprint density at radius 3 is 2.68 bits per heavy atom. The molecule has 2 nitrogen and oxygen atoms in total. The Morgan fingerprint density at radius 1 is 0.920 bits per heavy atom. The van der Waals surface area contributed by atoms with Crippen molar-refractivity contribution in [1.82, 2.24) is 0 Å². The van der Waals surface area contributed by atoms with Crippen LogP contribution in [0.3, 0.4) is 0 Å². The number of hydrogen-bond acceptors (Lipinski definition) is 2. The van der Waals surface area contributed by atoms with Crippen molar-refractivity contribution in [1.29, 1.82) is 0 Å². The fraction of sp³-hybridized carbons (Fsp3) is 0.304. The molecular weight excluding hydrogens is 308 g/mol. The van der Waals surface area contributed by atoms with E-state index in [1.165, 1.54) is 33.9 Å². The summed E-state index contributed by atoms with van der Waals surface area (Å²) in [4.78, 5) is 0. The second-order valence-electron chi connectivity index (χ2n) is 7.02. The molecule has 1 unspecified atom stereocenters. The third-order valence-electron chi connectivity index (χ3n) is 5.26. The Bertz CT molecular complexity index is 869. The maximum absolute atomic E-state index is 9.13. The maximum Gasteiger partial charge on any atom is 0.120 e. The summed E-state index contributed by atoms with van der Waals surface area (Å²) in [5.74, 6) is 1.58. The third-order valence-corrected chi connectivity index (χ3v) is 5.26. The van der Waals surface area contributed by atoms with Gasteiger partial charge in [0.2, 0.25) is 0 Å². The van der Waals surface area contributed by atoms with Crippen molar-refractivity contribution in [3.63, 3.8) is 0 Å². The molecule has 0 saturated carbocycles. The van der Waals surface area contributed by atoms with Gasteiger partial charge in [0.15, 0.2) is 0 Å². The average Bonchev–Trinajstić information content (AvgIpc) is 2.66. The number of aliphatic hydroxyl groups is 1. The molecule has 0 amide bonds. The third kappa shape index (κ3) is 3.69. The molecule has 128 valence electrons. The molecule has 25 heavy (non-hydrogen) atoms. The zero-order valence-corrected chi connectivity index (χ0v) is 14.4. The van der Waals surface area contributed by atoms with E-state index in [0.717, 1.165) is 25.0 Å². The zero-order valence-electron chi connectivity index (χ0n) is 14.4. The van der Waals surface area contributed by atoms with Gasteiger partial charge >= 0.3 is 0 Å². The highest BCUT2D eigenvalue weighted by Gasteiger charge is 2.18. The molecule has 0 spiro atoms. The lowest BCUT2D eigenvalue weighted by Gasteiger charge is -2.24. The van der Waals surface area contributed by atoms with Gasteiger partial charge in [0.1, 0.15) is 12.4 Å². The Labute approximate surface area is 149 Å². The van der Waals surface area contributed by atoms with E-state index in [-0.39, 0.29) is 0 Å². The van der Waals surface area contributed by atoms with Gasteiger partial charge in [-0.05, 0) is 77.3 Å². The van der Waals surface area contributed by atoms with Crippen molar-refractivity contribution < 1.29 is 9.84 Å². The number of hydrogen-bond donors (Lipinski definition) is 1. The fourth-order valence-corrected chi connectivity index (χ4v) is 3.82. The van der Waals surface area contributed by atoms with Gasteiger partial charge < -0.3 is 9.84 Å². The van der Waals surface area contributed by atoms with Crippen LogP contribution in [0.1, 0.15) is 29.5 Å². The van der Waals surface area contributed by atoms with Crippen LogP contribution in [0.2, 0.25) is 0 Å². The van der Waals surface area contributed by atoms with Crippen LogP contribution in [-0.2, 0) is 19.4 Å². The molecule has 0 fully saturated rings. The lowest BCUT2D eigenvalue weighted by Crippen LogP contribution is -2.15. The summed E-state index contributed by atoms with van der Waals surface area (Å²) >= 11 is 0.